The quantitative estimate of drug-likeness (QED) is 0.903. The lowest BCUT2D eigenvalue weighted by atomic mass is 10.2. The summed E-state index contributed by atoms with van der Waals surface area (Å²) in [6.07, 6.45) is 1.48. The number of aliphatic hydroxyl groups is 1. The molecular weight excluding hydrogens is 242 g/mol. The minimum Gasteiger partial charge on any atom is -0.395 e. The number of fused-ring (bicyclic) bond motifs is 1. The van der Waals surface area contributed by atoms with Crippen molar-refractivity contribution in [2.24, 2.45) is 0 Å². The molecule has 0 atom stereocenters. The van der Waals surface area contributed by atoms with E-state index in [9.17, 15) is 4.79 Å². The van der Waals surface area contributed by atoms with Gasteiger partial charge in [0.25, 0.3) is 5.91 Å². The third-order valence-electron chi connectivity index (χ3n) is 2.89. The molecule has 0 spiro atoms. The van der Waals surface area contributed by atoms with Gasteiger partial charge >= 0.3 is 0 Å². The molecule has 5 heteroatoms. The third-order valence-corrected chi connectivity index (χ3v) is 2.89. The minimum absolute atomic E-state index is 0.00733. The average molecular weight is 259 g/mol. The number of aromatic nitrogens is 2. The van der Waals surface area contributed by atoms with Crippen molar-refractivity contribution in [2.45, 2.75) is 19.9 Å². The summed E-state index contributed by atoms with van der Waals surface area (Å²) in [4.78, 5) is 22.5. The molecule has 1 N–H and O–H groups in total. The minimum atomic E-state index is -0.206. The van der Waals surface area contributed by atoms with E-state index < -0.39 is 0 Å². The van der Waals surface area contributed by atoms with Gasteiger partial charge in [-0.3, -0.25) is 9.78 Å². The van der Waals surface area contributed by atoms with Gasteiger partial charge in [0.1, 0.15) is 5.69 Å². The summed E-state index contributed by atoms with van der Waals surface area (Å²) in [6.45, 7) is 4.04. The summed E-state index contributed by atoms with van der Waals surface area (Å²) in [5.41, 5.74) is 1.76. The van der Waals surface area contributed by atoms with E-state index in [-0.39, 0.29) is 18.6 Å². The Kier molecular flexibility index (Phi) is 4.06. The molecule has 0 aliphatic rings. The lowest BCUT2D eigenvalue weighted by Gasteiger charge is -2.25. The van der Waals surface area contributed by atoms with Crippen LogP contribution in [-0.2, 0) is 0 Å². The number of hydrogen-bond donors (Lipinski definition) is 1. The van der Waals surface area contributed by atoms with Crippen LogP contribution < -0.4 is 0 Å². The molecule has 0 aliphatic heterocycles. The van der Waals surface area contributed by atoms with E-state index in [1.807, 2.05) is 38.1 Å². The number of aliphatic hydroxyl groups excluding tert-OH is 1. The lowest BCUT2D eigenvalue weighted by molar-refractivity contribution is 0.0659. The van der Waals surface area contributed by atoms with Gasteiger partial charge in [0.15, 0.2) is 0 Å². The Morgan fingerprint density at radius 2 is 2.00 bits per heavy atom. The normalized spacial score (nSPS) is 10.9. The van der Waals surface area contributed by atoms with Crippen LogP contribution in [0.5, 0.6) is 0 Å². The fourth-order valence-electron chi connectivity index (χ4n) is 1.91. The summed E-state index contributed by atoms with van der Waals surface area (Å²) in [7, 11) is 0. The highest BCUT2D eigenvalue weighted by atomic mass is 16.3. The molecule has 0 saturated heterocycles. The Bertz CT molecular complexity index is 584. The van der Waals surface area contributed by atoms with Crippen LogP contribution >= 0.6 is 0 Å². The molecule has 5 nitrogen and oxygen atoms in total. The van der Waals surface area contributed by atoms with Gasteiger partial charge in [-0.05, 0) is 26.0 Å². The molecule has 19 heavy (non-hydrogen) atoms. The highest BCUT2D eigenvalue weighted by molar-refractivity contribution is 5.94. The van der Waals surface area contributed by atoms with E-state index in [0.29, 0.717) is 17.8 Å². The largest absolute Gasteiger partial charge is 0.395 e. The molecule has 2 aromatic rings. The number of nitrogens with zero attached hydrogens (tertiary/aromatic N) is 3. The fourth-order valence-corrected chi connectivity index (χ4v) is 1.91. The molecule has 1 heterocycles. The Labute approximate surface area is 111 Å². The zero-order chi connectivity index (χ0) is 13.8. The van der Waals surface area contributed by atoms with E-state index in [0.717, 1.165) is 5.52 Å². The van der Waals surface area contributed by atoms with Crippen molar-refractivity contribution in [3.05, 3.63) is 36.2 Å². The van der Waals surface area contributed by atoms with Gasteiger partial charge in [-0.25, -0.2) is 4.98 Å². The molecule has 0 radical (unpaired) electrons. The number of carbonyl (C=O) groups excluding carboxylic acids is 1. The first kappa shape index (κ1) is 13.4. The summed E-state index contributed by atoms with van der Waals surface area (Å²) < 4.78 is 0. The molecular formula is C14H17N3O2. The van der Waals surface area contributed by atoms with Gasteiger partial charge in [-0.1, -0.05) is 12.1 Å². The van der Waals surface area contributed by atoms with Gasteiger partial charge in [-0.15, -0.1) is 0 Å². The number of para-hydroxylation sites is 2. The van der Waals surface area contributed by atoms with E-state index in [1.54, 1.807) is 4.90 Å². The maximum absolute atomic E-state index is 12.3. The number of carbonyl (C=O) groups is 1. The molecule has 1 aromatic heterocycles. The van der Waals surface area contributed by atoms with E-state index >= 15 is 0 Å². The second-order valence-corrected chi connectivity index (χ2v) is 4.56. The third kappa shape index (κ3) is 2.88. The number of amides is 1. The first-order valence-corrected chi connectivity index (χ1v) is 6.27. The molecule has 100 valence electrons. The van der Waals surface area contributed by atoms with E-state index in [2.05, 4.69) is 9.97 Å². The molecule has 0 aliphatic carbocycles. The van der Waals surface area contributed by atoms with Crippen LogP contribution in [-0.4, -0.2) is 45.1 Å². The van der Waals surface area contributed by atoms with Crippen molar-refractivity contribution in [1.82, 2.24) is 14.9 Å². The first-order chi connectivity index (χ1) is 9.13. The zero-order valence-corrected chi connectivity index (χ0v) is 11.1. The molecule has 1 amide bonds. The van der Waals surface area contributed by atoms with Crippen molar-refractivity contribution in [2.75, 3.05) is 13.2 Å². The van der Waals surface area contributed by atoms with Crippen LogP contribution in [0.15, 0.2) is 30.5 Å². The number of rotatable bonds is 4. The number of benzene rings is 1. The average Bonchev–Trinajstić information content (AvgIpc) is 2.43. The van der Waals surface area contributed by atoms with Crippen LogP contribution in [0, 0.1) is 0 Å². The van der Waals surface area contributed by atoms with E-state index in [4.69, 9.17) is 5.11 Å². The second-order valence-electron chi connectivity index (χ2n) is 4.56. The molecule has 0 saturated carbocycles. The van der Waals surface area contributed by atoms with Crippen molar-refractivity contribution in [1.29, 1.82) is 0 Å². The van der Waals surface area contributed by atoms with Crippen LogP contribution in [0.3, 0.4) is 0 Å². The smallest absolute Gasteiger partial charge is 0.274 e. The Morgan fingerprint density at radius 1 is 1.32 bits per heavy atom. The predicted octanol–water partition coefficient (Wildman–Crippen LogP) is 1.47. The van der Waals surface area contributed by atoms with Crippen molar-refractivity contribution in [3.8, 4) is 0 Å². The molecule has 1 aromatic carbocycles. The maximum Gasteiger partial charge on any atom is 0.274 e. The SMILES string of the molecule is CC(C)N(CCO)C(=O)c1cnc2ccccc2n1. The summed E-state index contributed by atoms with van der Waals surface area (Å²) in [5, 5.41) is 9.02. The van der Waals surface area contributed by atoms with Crippen LogP contribution in [0.2, 0.25) is 0 Å². The van der Waals surface area contributed by atoms with Crippen molar-refractivity contribution in [3.63, 3.8) is 0 Å². The van der Waals surface area contributed by atoms with Crippen LogP contribution in [0.25, 0.3) is 11.0 Å². The van der Waals surface area contributed by atoms with Gasteiger partial charge in [-0.2, -0.15) is 0 Å². The van der Waals surface area contributed by atoms with E-state index in [1.165, 1.54) is 6.20 Å². The second kappa shape index (κ2) is 5.75. The molecule has 0 unspecified atom stereocenters. The Balaban J connectivity index is 2.34. The van der Waals surface area contributed by atoms with Crippen LogP contribution in [0.4, 0.5) is 0 Å². The molecule has 0 bridgehead atoms. The standard InChI is InChI=1S/C14H17N3O2/c1-10(2)17(7-8-18)14(19)13-9-15-11-5-3-4-6-12(11)16-13/h3-6,9-10,18H,7-8H2,1-2H3. The molecule has 0 fully saturated rings. The molecule has 2 rings (SSSR count). The van der Waals surface area contributed by atoms with Crippen LogP contribution in [0.1, 0.15) is 24.3 Å². The first-order valence-electron chi connectivity index (χ1n) is 6.27. The van der Waals surface area contributed by atoms with Crippen molar-refractivity contribution >= 4 is 16.9 Å². The maximum atomic E-state index is 12.3. The monoisotopic (exact) mass is 259 g/mol. The summed E-state index contributed by atoms with van der Waals surface area (Å²) in [5.74, 6) is -0.206. The topological polar surface area (TPSA) is 66.3 Å². The number of hydrogen-bond acceptors (Lipinski definition) is 4. The van der Waals surface area contributed by atoms with Crippen molar-refractivity contribution < 1.29 is 9.90 Å². The highest BCUT2D eigenvalue weighted by Gasteiger charge is 2.19. The summed E-state index contributed by atoms with van der Waals surface area (Å²) in [6, 6.07) is 7.42. The van der Waals surface area contributed by atoms with Gasteiger partial charge in [0.05, 0.1) is 23.8 Å². The Morgan fingerprint density at radius 3 is 2.63 bits per heavy atom. The zero-order valence-electron chi connectivity index (χ0n) is 11.1. The van der Waals surface area contributed by atoms with Gasteiger partial charge in [0.2, 0.25) is 0 Å². The van der Waals surface area contributed by atoms with Gasteiger partial charge in [0, 0.05) is 12.6 Å². The summed E-state index contributed by atoms with van der Waals surface area (Å²) >= 11 is 0. The fraction of sp³-hybridized carbons (Fsp3) is 0.357. The highest BCUT2D eigenvalue weighted by Crippen LogP contribution is 2.11. The lowest BCUT2D eigenvalue weighted by Crippen LogP contribution is -2.39. The van der Waals surface area contributed by atoms with Gasteiger partial charge < -0.3 is 10.0 Å². The Hall–Kier alpha value is -2.01. The predicted molar refractivity (Wildman–Crippen MR) is 72.8 cm³/mol.